The summed E-state index contributed by atoms with van der Waals surface area (Å²) in [5.74, 6) is -4.20. The third kappa shape index (κ3) is 3.19. The maximum Gasteiger partial charge on any atom is 0.471 e. The molecule has 0 aromatic heterocycles. The number of amides is 1. The second-order valence-electron chi connectivity index (χ2n) is 3.13. The maximum atomic E-state index is 12.9. The number of hydrogen-bond acceptors (Lipinski definition) is 3. The van der Waals surface area contributed by atoms with Gasteiger partial charge in [-0.3, -0.25) is 4.79 Å². The molecule has 0 aliphatic carbocycles. The molecule has 0 atom stereocenters. The quantitative estimate of drug-likeness (QED) is 0.658. The van der Waals surface area contributed by atoms with Gasteiger partial charge < -0.3 is 10.1 Å². The first-order valence-corrected chi connectivity index (χ1v) is 4.51. The summed E-state index contributed by atoms with van der Waals surface area (Å²) in [6, 6.07) is 2.36. The molecule has 0 saturated heterocycles. The van der Waals surface area contributed by atoms with Gasteiger partial charge in [-0.05, 0) is 18.2 Å². The summed E-state index contributed by atoms with van der Waals surface area (Å²) in [6.45, 7) is 0. The topological polar surface area (TPSA) is 55.4 Å². The fourth-order valence-electron chi connectivity index (χ4n) is 1.10. The van der Waals surface area contributed by atoms with E-state index in [0.717, 1.165) is 19.2 Å². The normalized spacial score (nSPS) is 10.9. The predicted molar refractivity (Wildman–Crippen MR) is 52.4 cm³/mol. The SMILES string of the molecule is COC(=O)c1ccc(F)cc1NC(=O)C(F)(F)F. The van der Waals surface area contributed by atoms with Gasteiger partial charge in [0.25, 0.3) is 0 Å². The fourth-order valence-corrected chi connectivity index (χ4v) is 1.10. The van der Waals surface area contributed by atoms with Crippen molar-refractivity contribution in [3.05, 3.63) is 29.6 Å². The number of ether oxygens (including phenoxy) is 1. The van der Waals surface area contributed by atoms with Crippen LogP contribution >= 0.6 is 0 Å². The Balaban J connectivity index is 3.11. The number of alkyl halides is 3. The Morgan fingerprint density at radius 3 is 2.39 bits per heavy atom. The minimum atomic E-state index is -5.14. The summed E-state index contributed by atoms with van der Waals surface area (Å²) >= 11 is 0. The van der Waals surface area contributed by atoms with Crippen LogP contribution < -0.4 is 5.32 Å². The van der Waals surface area contributed by atoms with Gasteiger partial charge in [0.2, 0.25) is 0 Å². The van der Waals surface area contributed by atoms with E-state index in [0.29, 0.717) is 6.07 Å². The highest BCUT2D eigenvalue weighted by Crippen LogP contribution is 2.22. The first-order chi connectivity index (χ1) is 8.25. The average molecular weight is 265 g/mol. The van der Waals surface area contributed by atoms with Crippen LogP contribution in [0.15, 0.2) is 18.2 Å². The fraction of sp³-hybridized carbons (Fsp3) is 0.200. The van der Waals surface area contributed by atoms with Crippen molar-refractivity contribution < 1.29 is 31.9 Å². The van der Waals surface area contributed by atoms with Crippen molar-refractivity contribution >= 4 is 17.6 Å². The highest BCUT2D eigenvalue weighted by molar-refractivity contribution is 6.02. The number of rotatable bonds is 2. The molecule has 0 aliphatic heterocycles. The Labute approximate surface area is 98.5 Å². The van der Waals surface area contributed by atoms with E-state index in [1.807, 2.05) is 0 Å². The average Bonchev–Trinajstić information content (AvgIpc) is 2.27. The third-order valence-electron chi connectivity index (χ3n) is 1.89. The molecule has 1 amide bonds. The first-order valence-electron chi connectivity index (χ1n) is 4.51. The van der Waals surface area contributed by atoms with Crippen LogP contribution in [-0.2, 0) is 9.53 Å². The van der Waals surface area contributed by atoms with Crippen molar-refractivity contribution in [2.45, 2.75) is 6.18 Å². The molecule has 18 heavy (non-hydrogen) atoms. The lowest BCUT2D eigenvalue weighted by Gasteiger charge is -2.11. The summed E-state index contributed by atoms with van der Waals surface area (Å²) < 4.78 is 53.3. The summed E-state index contributed by atoms with van der Waals surface area (Å²) in [6.07, 6.45) is -5.14. The molecule has 0 spiro atoms. The van der Waals surface area contributed by atoms with Gasteiger partial charge in [0.1, 0.15) is 5.82 Å². The number of benzene rings is 1. The Bertz CT molecular complexity index is 485. The molecular formula is C10H7F4NO3. The van der Waals surface area contributed by atoms with Crippen molar-refractivity contribution in [1.82, 2.24) is 0 Å². The zero-order chi connectivity index (χ0) is 13.9. The van der Waals surface area contributed by atoms with Crippen molar-refractivity contribution in [3.8, 4) is 0 Å². The first kappa shape index (κ1) is 13.9. The number of esters is 1. The molecule has 4 nitrogen and oxygen atoms in total. The third-order valence-corrected chi connectivity index (χ3v) is 1.89. The monoisotopic (exact) mass is 265 g/mol. The van der Waals surface area contributed by atoms with Crippen LogP contribution in [-0.4, -0.2) is 25.2 Å². The van der Waals surface area contributed by atoms with E-state index in [1.165, 1.54) is 5.32 Å². The lowest BCUT2D eigenvalue weighted by molar-refractivity contribution is -0.167. The van der Waals surface area contributed by atoms with Crippen LogP contribution in [0.1, 0.15) is 10.4 Å². The number of nitrogens with one attached hydrogen (secondary N) is 1. The largest absolute Gasteiger partial charge is 0.471 e. The molecule has 8 heteroatoms. The molecular weight excluding hydrogens is 258 g/mol. The van der Waals surface area contributed by atoms with Crippen molar-refractivity contribution in [2.24, 2.45) is 0 Å². The molecule has 0 bridgehead atoms. The van der Waals surface area contributed by atoms with E-state index in [9.17, 15) is 27.2 Å². The summed E-state index contributed by atoms with van der Waals surface area (Å²) in [4.78, 5) is 21.9. The van der Waals surface area contributed by atoms with Gasteiger partial charge >= 0.3 is 18.1 Å². The van der Waals surface area contributed by atoms with Crippen LogP contribution in [0, 0.1) is 5.82 Å². The molecule has 0 saturated carbocycles. The lowest BCUT2D eigenvalue weighted by Crippen LogP contribution is -2.30. The van der Waals surface area contributed by atoms with E-state index in [1.54, 1.807) is 0 Å². The maximum absolute atomic E-state index is 12.9. The second-order valence-corrected chi connectivity index (χ2v) is 3.13. The summed E-state index contributed by atoms with van der Waals surface area (Å²) in [7, 11) is 1.00. The van der Waals surface area contributed by atoms with Crippen LogP contribution in [0.4, 0.5) is 23.2 Å². The number of methoxy groups -OCH3 is 1. The Hall–Kier alpha value is -2.12. The molecule has 98 valence electrons. The van der Waals surface area contributed by atoms with E-state index >= 15 is 0 Å². The van der Waals surface area contributed by atoms with Gasteiger partial charge in [-0.1, -0.05) is 0 Å². The molecule has 0 fully saturated rings. The number of hydrogen-bond donors (Lipinski definition) is 1. The molecule has 1 N–H and O–H groups in total. The lowest BCUT2D eigenvalue weighted by atomic mass is 10.1. The van der Waals surface area contributed by atoms with Gasteiger partial charge in [0.05, 0.1) is 18.4 Å². The number of carbonyl (C=O) groups is 2. The highest BCUT2D eigenvalue weighted by atomic mass is 19.4. The van der Waals surface area contributed by atoms with Crippen LogP contribution in [0.25, 0.3) is 0 Å². The highest BCUT2D eigenvalue weighted by Gasteiger charge is 2.39. The van der Waals surface area contributed by atoms with Crippen LogP contribution in [0.3, 0.4) is 0 Å². The van der Waals surface area contributed by atoms with Crippen LogP contribution in [0.2, 0.25) is 0 Å². The van der Waals surface area contributed by atoms with Gasteiger partial charge in [-0.2, -0.15) is 13.2 Å². The van der Waals surface area contributed by atoms with Gasteiger partial charge in [-0.25, -0.2) is 9.18 Å². The van der Waals surface area contributed by atoms with Gasteiger partial charge in [0.15, 0.2) is 0 Å². The van der Waals surface area contributed by atoms with Crippen molar-refractivity contribution in [2.75, 3.05) is 12.4 Å². The minimum absolute atomic E-state index is 0.378. The number of anilines is 1. The van der Waals surface area contributed by atoms with E-state index < -0.39 is 29.6 Å². The molecule has 1 rings (SSSR count). The smallest absolute Gasteiger partial charge is 0.465 e. The van der Waals surface area contributed by atoms with E-state index in [-0.39, 0.29) is 5.56 Å². The van der Waals surface area contributed by atoms with Gasteiger partial charge in [0, 0.05) is 0 Å². The van der Waals surface area contributed by atoms with Gasteiger partial charge in [-0.15, -0.1) is 0 Å². The summed E-state index contributed by atoms with van der Waals surface area (Å²) in [5.41, 5.74) is -0.985. The van der Waals surface area contributed by atoms with Crippen LogP contribution in [0.5, 0.6) is 0 Å². The molecule has 0 unspecified atom stereocenters. The molecule has 1 aromatic carbocycles. The molecule has 0 heterocycles. The number of halogens is 4. The molecule has 0 aliphatic rings. The molecule has 0 radical (unpaired) electrons. The predicted octanol–water partition coefficient (Wildman–Crippen LogP) is 2.11. The standard InChI is InChI=1S/C10H7F4NO3/c1-18-8(16)6-3-2-5(11)4-7(6)15-9(17)10(12,13)14/h2-4H,1H3,(H,15,17). The minimum Gasteiger partial charge on any atom is -0.465 e. The van der Waals surface area contributed by atoms with E-state index in [4.69, 9.17) is 0 Å². The van der Waals surface area contributed by atoms with E-state index in [2.05, 4.69) is 4.74 Å². The Morgan fingerprint density at radius 1 is 1.28 bits per heavy atom. The van der Waals surface area contributed by atoms with Crippen molar-refractivity contribution in [1.29, 1.82) is 0 Å². The Morgan fingerprint density at radius 2 is 1.89 bits per heavy atom. The zero-order valence-electron chi connectivity index (χ0n) is 8.97. The molecule has 1 aromatic rings. The number of carbonyl (C=O) groups excluding carboxylic acids is 2. The van der Waals surface area contributed by atoms with Crippen molar-refractivity contribution in [3.63, 3.8) is 0 Å². The second kappa shape index (κ2) is 5.03. The zero-order valence-corrected chi connectivity index (χ0v) is 8.97. The summed E-state index contributed by atoms with van der Waals surface area (Å²) in [5, 5.41) is 1.40. The Kier molecular flexibility index (Phi) is 3.89.